The molecule has 2 aliphatic rings. The molecule has 1 aliphatic carbocycles. The zero-order chi connectivity index (χ0) is 35.9. The van der Waals surface area contributed by atoms with E-state index in [0.717, 1.165) is 51.4 Å². The molecule has 0 bridgehead atoms. The normalized spacial score (nSPS) is 18.9. The van der Waals surface area contributed by atoms with Crippen molar-refractivity contribution >= 4 is 12.1 Å². The molecule has 1 saturated heterocycles. The van der Waals surface area contributed by atoms with Crippen molar-refractivity contribution in [3.05, 3.63) is 48.6 Å². The van der Waals surface area contributed by atoms with Gasteiger partial charge in [0.05, 0.1) is 18.1 Å². The number of benzene rings is 1. The number of piperidine rings is 1. The summed E-state index contributed by atoms with van der Waals surface area (Å²) in [7, 11) is 0. The standard InChI is InChI=1S/C43H69NO6/c1-5-9-11-13-15-18-26-37(24-7-3)47-39-28-20-21-29-40(39)48-41(45)36-30-34-44(35-31-36)42(46)50-43(32-22-17-23-33-43)49-38(25-8-4)27-19-16-14-12-10-6-2/h17,20-23,28-29,32,36-38H,5-16,18-19,24-27,30-31,33-35H2,1-4H3. The second-order valence-corrected chi connectivity index (χ2v) is 14.5. The summed E-state index contributed by atoms with van der Waals surface area (Å²) in [5, 5.41) is 0. The summed E-state index contributed by atoms with van der Waals surface area (Å²) < 4.78 is 25.2. The molecule has 1 amide bonds. The maximum atomic E-state index is 13.5. The molecule has 0 radical (unpaired) electrons. The Balaban J connectivity index is 1.51. The molecule has 0 spiro atoms. The lowest BCUT2D eigenvalue weighted by atomic mass is 9.97. The lowest BCUT2D eigenvalue weighted by Crippen LogP contribution is -2.47. The number of unbranched alkanes of at least 4 members (excludes halogenated alkanes) is 10. The van der Waals surface area contributed by atoms with Crippen LogP contribution < -0.4 is 9.47 Å². The summed E-state index contributed by atoms with van der Waals surface area (Å²) >= 11 is 0. The van der Waals surface area contributed by atoms with Gasteiger partial charge in [-0.3, -0.25) is 4.79 Å². The Labute approximate surface area is 304 Å². The highest BCUT2D eigenvalue weighted by atomic mass is 16.7. The maximum absolute atomic E-state index is 13.5. The lowest BCUT2D eigenvalue weighted by molar-refractivity contribution is -0.202. The predicted molar refractivity (Wildman–Crippen MR) is 204 cm³/mol. The van der Waals surface area contributed by atoms with E-state index in [-0.39, 0.29) is 24.1 Å². The number of rotatable bonds is 25. The first-order chi connectivity index (χ1) is 24.4. The number of likely N-dealkylation sites (tertiary alicyclic amines) is 1. The fourth-order valence-corrected chi connectivity index (χ4v) is 7.04. The van der Waals surface area contributed by atoms with Crippen molar-refractivity contribution in [1.29, 1.82) is 0 Å². The van der Waals surface area contributed by atoms with Crippen LogP contribution in [0.15, 0.2) is 48.6 Å². The Kier molecular flexibility index (Phi) is 20.3. The molecule has 1 aliphatic heterocycles. The van der Waals surface area contributed by atoms with Gasteiger partial charge in [-0.2, -0.15) is 0 Å². The van der Waals surface area contributed by atoms with Gasteiger partial charge in [-0.1, -0.05) is 142 Å². The van der Waals surface area contributed by atoms with Gasteiger partial charge in [-0.05, 0) is 63.2 Å². The van der Waals surface area contributed by atoms with Crippen molar-refractivity contribution in [2.24, 2.45) is 5.92 Å². The molecule has 1 heterocycles. The van der Waals surface area contributed by atoms with Gasteiger partial charge in [0, 0.05) is 19.5 Å². The third kappa shape index (κ3) is 15.2. The van der Waals surface area contributed by atoms with Crippen molar-refractivity contribution in [3.8, 4) is 11.5 Å². The number of amides is 1. The van der Waals surface area contributed by atoms with Gasteiger partial charge in [0.25, 0.3) is 0 Å². The third-order valence-corrected chi connectivity index (χ3v) is 10.0. The molecule has 3 unspecified atom stereocenters. The van der Waals surface area contributed by atoms with E-state index >= 15 is 0 Å². The maximum Gasteiger partial charge on any atom is 0.412 e. The van der Waals surface area contributed by atoms with E-state index in [0.29, 0.717) is 43.9 Å². The molecule has 50 heavy (non-hydrogen) atoms. The van der Waals surface area contributed by atoms with E-state index in [1.165, 1.54) is 64.2 Å². The molecular weight excluding hydrogens is 626 g/mol. The topological polar surface area (TPSA) is 74.3 Å². The summed E-state index contributed by atoms with van der Waals surface area (Å²) in [6, 6.07) is 7.52. The SMILES string of the molecule is CCCCCCCCC(CCC)Oc1ccccc1OC(=O)C1CCN(C(=O)OC2(OC(CCC)CCCCCCCC)C=CC=CC2)CC1. The largest absolute Gasteiger partial charge is 0.487 e. The number of esters is 1. The number of nitrogens with zero attached hydrogens (tertiary/aromatic N) is 1. The van der Waals surface area contributed by atoms with Gasteiger partial charge >= 0.3 is 12.1 Å². The van der Waals surface area contributed by atoms with Crippen LogP contribution in [0, 0.1) is 5.92 Å². The van der Waals surface area contributed by atoms with Crippen LogP contribution in [0.5, 0.6) is 11.5 Å². The average Bonchev–Trinajstić information content (AvgIpc) is 3.12. The Bertz CT molecular complexity index is 1140. The van der Waals surface area contributed by atoms with Crippen LogP contribution >= 0.6 is 0 Å². The first-order valence-electron chi connectivity index (χ1n) is 20.4. The van der Waals surface area contributed by atoms with Crippen LogP contribution in [0.1, 0.15) is 163 Å². The summed E-state index contributed by atoms with van der Waals surface area (Å²) in [6.07, 6.45) is 30.0. The molecule has 0 aromatic heterocycles. The van der Waals surface area contributed by atoms with Crippen LogP contribution in [0.2, 0.25) is 0 Å². The van der Waals surface area contributed by atoms with Crippen LogP contribution in [0.25, 0.3) is 0 Å². The highest BCUT2D eigenvalue weighted by molar-refractivity contribution is 5.76. The van der Waals surface area contributed by atoms with Crippen LogP contribution in [0.3, 0.4) is 0 Å². The van der Waals surface area contributed by atoms with Gasteiger partial charge in [-0.15, -0.1) is 0 Å². The molecule has 7 nitrogen and oxygen atoms in total. The van der Waals surface area contributed by atoms with Crippen molar-refractivity contribution in [3.63, 3.8) is 0 Å². The first kappa shape index (κ1) is 41.6. The van der Waals surface area contributed by atoms with Crippen LogP contribution in [-0.4, -0.2) is 48.0 Å². The van der Waals surface area contributed by atoms with Gasteiger partial charge in [0.2, 0.25) is 5.79 Å². The molecule has 3 atom stereocenters. The highest BCUT2D eigenvalue weighted by Gasteiger charge is 2.38. The van der Waals surface area contributed by atoms with Crippen molar-refractivity contribution < 1.29 is 28.5 Å². The van der Waals surface area contributed by atoms with Gasteiger partial charge in [0.1, 0.15) is 0 Å². The van der Waals surface area contributed by atoms with Crippen molar-refractivity contribution in [2.45, 2.75) is 181 Å². The van der Waals surface area contributed by atoms with E-state index in [4.69, 9.17) is 18.9 Å². The summed E-state index contributed by atoms with van der Waals surface area (Å²) in [6.45, 7) is 9.70. The number of hydrogen-bond acceptors (Lipinski definition) is 6. The molecule has 3 rings (SSSR count). The van der Waals surface area contributed by atoms with Gasteiger partial charge in [-0.25, -0.2) is 4.79 Å². The molecular formula is C43H69NO6. The molecule has 1 aromatic rings. The summed E-state index contributed by atoms with van der Waals surface area (Å²) in [5.41, 5.74) is 0. The average molecular weight is 696 g/mol. The second-order valence-electron chi connectivity index (χ2n) is 14.5. The van der Waals surface area contributed by atoms with E-state index in [9.17, 15) is 9.59 Å². The Morgan fingerprint density at radius 3 is 1.90 bits per heavy atom. The van der Waals surface area contributed by atoms with E-state index in [1.807, 2.05) is 48.6 Å². The Morgan fingerprint density at radius 2 is 1.30 bits per heavy atom. The molecule has 282 valence electrons. The lowest BCUT2D eigenvalue weighted by Gasteiger charge is -2.38. The van der Waals surface area contributed by atoms with Gasteiger partial charge < -0.3 is 23.8 Å². The summed E-state index contributed by atoms with van der Waals surface area (Å²) in [4.78, 5) is 28.6. The fraction of sp³-hybridized carbons (Fsp3) is 0.721. The number of carbonyl (C=O) groups is 2. The monoisotopic (exact) mass is 696 g/mol. The quantitative estimate of drug-likeness (QED) is 0.0439. The van der Waals surface area contributed by atoms with Crippen LogP contribution in [0.4, 0.5) is 4.79 Å². The zero-order valence-electron chi connectivity index (χ0n) is 32.0. The number of para-hydroxylation sites is 2. The van der Waals surface area contributed by atoms with E-state index < -0.39 is 11.9 Å². The molecule has 1 aromatic carbocycles. The Morgan fingerprint density at radius 1 is 0.720 bits per heavy atom. The van der Waals surface area contributed by atoms with E-state index in [2.05, 4.69) is 27.7 Å². The molecule has 7 heteroatoms. The number of carbonyl (C=O) groups excluding carboxylic acids is 2. The zero-order valence-corrected chi connectivity index (χ0v) is 32.0. The predicted octanol–water partition coefficient (Wildman–Crippen LogP) is 11.9. The Hall–Kier alpha value is -2.80. The fourth-order valence-electron chi connectivity index (χ4n) is 7.04. The number of ether oxygens (including phenoxy) is 4. The smallest absolute Gasteiger partial charge is 0.412 e. The number of hydrogen-bond donors (Lipinski definition) is 0. The van der Waals surface area contributed by atoms with Crippen molar-refractivity contribution in [2.75, 3.05) is 13.1 Å². The minimum atomic E-state index is -1.10. The van der Waals surface area contributed by atoms with Gasteiger partial charge in [0.15, 0.2) is 11.5 Å². The van der Waals surface area contributed by atoms with E-state index in [1.54, 1.807) is 4.90 Å². The minimum Gasteiger partial charge on any atom is -0.487 e. The molecule has 1 fully saturated rings. The third-order valence-electron chi connectivity index (χ3n) is 10.0. The minimum absolute atomic E-state index is 0.0373. The molecule has 0 saturated carbocycles. The highest BCUT2D eigenvalue weighted by Crippen LogP contribution is 2.33. The second kappa shape index (κ2) is 24.4. The van der Waals surface area contributed by atoms with Crippen LogP contribution in [-0.2, 0) is 14.3 Å². The molecule has 0 N–H and O–H groups in total. The van der Waals surface area contributed by atoms with Crippen molar-refractivity contribution in [1.82, 2.24) is 4.90 Å². The number of allylic oxidation sites excluding steroid dienone is 2. The summed E-state index contributed by atoms with van der Waals surface area (Å²) in [5.74, 6) is -0.561. The first-order valence-corrected chi connectivity index (χ1v) is 20.4.